The maximum absolute atomic E-state index is 14.2. The van der Waals surface area contributed by atoms with Gasteiger partial charge in [-0.15, -0.1) is 24.8 Å². The monoisotopic (exact) mass is 464 g/mol. The van der Waals surface area contributed by atoms with Crippen molar-refractivity contribution in [3.8, 4) is 0 Å². The lowest BCUT2D eigenvalue weighted by molar-refractivity contribution is -0.387. The zero-order valence-electron chi connectivity index (χ0n) is 15.7. The Morgan fingerprint density at radius 2 is 1.07 bits per heavy atom. The van der Waals surface area contributed by atoms with E-state index in [1.54, 1.807) is 0 Å². The molecule has 0 spiro atoms. The molecule has 0 saturated carbocycles. The Kier molecular flexibility index (Phi) is 9.50. The summed E-state index contributed by atoms with van der Waals surface area (Å²) in [6.07, 6.45) is 0. The summed E-state index contributed by atoms with van der Waals surface area (Å²) >= 11 is 0. The SMILES string of the molecule is Cl.Cl.O=[N+]([O-])c1cccc(CN2CCN(Cc3cccc([N+](=O)[O-])c3F)CC2)c1F. The summed E-state index contributed by atoms with van der Waals surface area (Å²) in [4.78, 5) is 24.1. The van der Waals surface area contributed by atoms with Crippen LogP contribution in [-0.2, 0) is 13.1 Å². The van der Waals surface area contributed by atoms with Crippen LogP contribution < -0.4 is 0 Å². The first-order valence-electron chi connectivity index (χ1n) is 8.65. The number of nitrogens with zero attached hydrogens (tertiary/aromatic N) is 4. The van der Waals surface area contributed by atoms with Gasteiger partial charge in [0.1, 0.15) is 0 Å². The lowest BCUT2D eigenvalue weighted by Crippen LogP contribution is -2.45. The third-order valence-corrected chi connectivity index (χ3v) is 4.76. The van der Waals surface area contributed by atoms with Gasteiger partial charge in [-0.25, -0.2) is 0 Å². The molecule has 1 aliphatic rings. The van der Waals surface area contributed by atoms with Crippen molar-refractivity contribution in [3.63, 3.8) is 0 Å². The molecule has 1 heterocycles. The number of halogens is 4. The summed E-state index contributed by atoms with van der Waals surface area (Å²) in [5.74, 6) is -1.65. The molecule has 1 saturated heterocycles. The first-order chi connectivity index (χ1) is 13.4. The third kappa shape index (κ3) is 5.82. The van der Waals surface area contributed by atoms with Gasteiger partial charge in [-0.3, -0.25) is 30.0 Å². The molecule has 2 aromatic rings. The first kappa shape index (κ1) is 25.6. The van der Waals surface area contributed by atoms with Crippen LogP contribution in [-0.4, -0.2) is 45.8 Å². The fourth-order valence-corrected chi connectivity index (χ4v) is 3.25. The van der Waals surface area contributed by atoms with Crippen LogP contribution in [0, 0.1) is 31.9 Å². The van der Waals surface area contributed by atoms with Gasteiger partial charge in [-0.05, 0) is 0 Å². The van der Waals surface area contributed by atoms with Crippen LogP contribution in [0.15, 0.2) is 36.4 Å². The molecular weight excluding hydrogens is 445 g/mol. The van der Waals surface area contributed by atoms with E-state index >= 15 is 0 Å². The highest BCUT2D eigenvalue weighted by Crippen LogP contribution is 2.23. The highest BCUT2D eigenvalue weighted by molar-refractivity contribution is 5.85. The minimum Gasteiger partial charge on any atom is -0.296 e. The van der Waals surface area contributed by atoms with E-state index in [0.29, 0.717) is 26.2 Å². The molecule has 0 atom stereocenters. The molecule has 0 unspecified atom stereocenters. The van der Waals surface area contributed by atoms with Gasteiger partial charge in [0.05, 0.1) is 9.85 Å². The van der Waals surface area contributed by atoms with Crippen LogP contribution >= 0.6 is 24.8 Å². The van der Waals surface area contributed by atoms with Gasteiger partial charge < -0.3 is 0 Å². The Hall–Kier alpha value is -2.40. The number of hydrogen-bond acceptors (Lipinski definition) is 6. The lowest BCUT2D eigenvalue weighted by atomic mass is 10.1. The smallest absolute Gasteiger partial charge is 0.296 e. The van der Waals surface area contributed by atoms with Crippen molar-refractivity contribution in [2.75, 3.05) is 26.2 Å². The maximum Gasteiger partial charge on any atom is 0.305 e. The van der Waals surface area contributed by atoms with Gasteiger partial charge >= 0.3 is 11.4 Å². The highest BCUT2D eigenvalue weighted by atomic mass is 35.5. The number of benzene rings is 2. The van der Waals surface area contributed by atoms with E-state index in [9.17, 15) is 29.0 Å². The van der Waals surface area contributed by atoms with Gasteiger partial charge in [0.2, 0.25) is 11.6 Å². The number of hydrogen-bond donors (Lipinski definition) is 0. The topological polar surface area (TPSA) is 92.8 Å². The average molecular weight is 465 g/mol. The maximum atomic E-state index is 14.2. The predicted molar refractivity (Wildman–Crippen MR) is 111 cm³/mol. The Balaban J connectivity index is 0.00000225. The van der Waals surface area contributed by atoms with Crippen molar-refractivity contribution in [1.82, 2.24) is 9.80 Å². The number of piperazine rings is 1. The molecule has 12 heteroatoms. The van der Waals surface area contributed by atoms with Crippen molar-refractivity contribution in [2.24, 2.45) is 0 Å². The van der Waals surface area contributed by atoms with Crippen molar-refractivity contribution < 1.29 is 18.6 Å². The van der Waals surface area contributed by atoms with Crippen LogP contribution in [0.25, 0.3) is 0 Å². The molecule has 0 radical (unpaired) electrons. The zero-order valence-corrected chi connectivity index (χ0v) is 17.3. The minimum atomic E-state index is -0.825. The number of nitro benzene ring substituents is 2. The normalized spacial score (nSPS) is 14.5. The molecule has 1 aliphatic heterocycles. The summed E-state index contributed by atoms with van der Waals surface area (Å²) in [6.45, 7) is 2.76. The summed E-state index contributed by atoms with van der Waals surface area (Å²) < 4.78 is 28.4. The standard InChI is InChI=1S/C18H18F2N4O4.2ClH/c19-17-13(3-1-5-15(17)23(25)26)11-21-7-9-22(10-8-21)12-14-4-2-6-16(18(14)20)24(27)28;;/h1-6H,7-12H2;2*1H. The van der Waals surface area contributed by atoms with Crippen molar-refractivity contribution in [1.29, 1.82) is 0 Å². The molecular formula is C18H20Cl2F2N4O4. The molecule has 0 bridgehead atoms. The second-order valence-corrected chi connectivity index (χ2v) is 6.57. The van der Waals surface area contributed by atoms with Gasteiger partial charge in [-0.2, -0.15) is 8.78 Å². The third-order valence-electron chi connectivity index (χ3n) is 4.76. The van der Waals surface area contributed by atoms with Crippen LogP contribution in [0.3, 0.4) is 0 Å². The molecule has 3 rings (SSSR count). The van der Waals surface area contributed by atoms with E-state index in [0.717, 1.165) is 12.1 Å². The Labute approximate surface area is 183 Å². The van der Waals surface area contributed by atoms with Crippen molar-refractivity contribution in [2.45, 2.75) is 13.1 Å². The quantitative estimate of drug-likeness (QED) is 0.474. The van der Waals surface area contributed by atoms with E-state index < -0.39 is 32.9 Å². The summed E-state index contributed by atoms with van der Waals surface area (Å²) in [6, 6.07) is 8.21. The van der Waals surface area contributed by atoms with E-state index in [4.69, 9.17) is 0 Å². The lowest BCUT2D eigenvalue weighted by Gasteiger charge is -2.34. The Morgan fingerprint density at radius 3 is 1.37 bits per heavy atom. The van der Waals surface area contributed by atoms with Gasteiger partial charge in [0.15, 0.2) is 0 Å². The van der Waals surface area contributed by atoms with E-state index in [2.05, 4.69) is 0 Å². The van der Waals surface area contributed by atoms with E-state index in [-0.39, 0.29) is 49.0 Å². The summed E-state index contributed by atoms with van der Waals surface area (Å²) in [7, 11) is 0. The molecule has 8 nitrogen and oxygen atoms in total. The van der Waals surface area contributed by atoms with Crippen LogP contribution in [0.4, 0.5) is 20.2 Å². The molecule has 164 valence electrons. The van der Waals surface area contributed by atoms with Gasteiger partial charge in [-0.1, -0.05) is 24.3 Å². The zero-order chi connectivity index (χ0) is 20.3. The fraction of sp³-hybridized carbons (Fsp3) is 0.333. The largest absolute Gasteiger partial charge is 0.305 e. The molecule has 1 fully saturated rings. The second kappa shape index (κ2) is 11.1. The first-order valence-corrected chi connectivity index (χ1v) is 8.65. The minimum absolute atomic E-state index is 0. The van der Waals surface area contributed by atoms with Crippen molar-refractivity contribution in [3.05, 3.63) is 79.4 Å². The summed E-state index contributed by atoms with van der Waals surface area (Å²) in [5.41, 5.74) is -0.575. The molecule has 0 N–H and O–H groups in total. The van der Waals surface area contributed by atoms with E-state index in [1.165, 1.54) is 24.3 Å². The van der Waals surface area contributed by atoms with Crippen LogP contribution in [0.5, 0.6) is 0 Å². The summed E-state index contributed by atoms with van der Waals surface area (Å²) in [5, 5.41) is 21.7. The van der Waals surface area contributed by atoms with E-state index in [1.807, 2.05) is 9.80 Å². The number of rotatable bonds is 6. The second-order valence-electron chi connectivity index (χ2n) is 6.57. The highest BCUT2D eigenvalue weighted by Gasteiger charge is 2.24. The van der Waals surface area contributed by atoms with Gasteiger partial charge in [0, 0.05) is 62.5 Å². The molecule has 0 aromatic heterocycles. The van der Waals surface area contributed by atoms with Gasteiger partial charge in [0.25, 0.3) is 0 Å². The molecule has 30 heavy (non-hydrogen) atoms. The molecule has 0 aliphatic carbocycles. The van der Waals surface area contributed by atoms with Crippen molar-refractivity contribution >= 4 is 36.2 Å². The molecule has 2 aromatic carbocycles. The Bertz CT molecular complexity index is 838. The fourth-order valence-electron chi connectivity index (χ4n) is 3.25. The number of nitro groups is 2. The predicted octanol–water partition coefficient (Wildman–Crippen LogP) is 3.94. The molecule has 0 amide bonds. The average Bonchev–Trinajstić information content (AvgIpc) is 2.66. The Morgan fingerprint density at radius 1 is 0.733 bits per heavy atom. The van der Waals surface area contributed by atoms with Crippen LogP contribution in [0.1, 0.15) is 11.1 Å². The van der Waals surface area contributed by atoms with Crippen LogP contribution in [0.2, 0.25) is 0 Å².